The van der Waals surface area contributed by atoms with E-state index in [0.29, 0.717) is 13.0 Å². The number of fused-ring (bicyclic) bond motifs is 1. The summed E-state index contributed by atoms with van der Waals surface area (Å²) in [4.78, 5) is 34.0. The van der Waals surface area contributed by atoms with Gasteiger partial charge in [0.25, 0.3) is 0 Å². The monoisotopic (exact) mass is 291 g/mol. The van der Waals surface area contributed by atoms with E-state index in [2.05, 4.69) is 10.6 Å². The van der Waals surface area contributed by atoms with Gasteiger partial charge in [0, 0.05) is 6.54 Å². The normalized spacial score (nSPS) is 18.4. The van der Waals surface area contributed by atoms with Crippen LogP contribution >= 0.6 is 0 Å². The molecule has 0 saturated carbocycles. The molecule has 112 valence electrons. The minimum Gasteiger partial charge on any atom is -0.480 e. The molecule has 0 bridgehead atoms. The Morgan fingerprint density at radius 2 is 2.00 bits per heavy atom. The smallest absolute Gasteiger partial charge is 0.326 e. The lowest BCUT2D eigenvalue weighted by molar-refractivity contribution is -0.143. The highest BCUT2D eigenvalue weighted by Gasteiger charge is 2.28. The second-order valence-electron chi connectivity index (χ2n) is 4.98. The van der Waals surface area contributed by atoms with Crippen molar-refractivity contribution in [1.82, 2.24) is 10.6 Å². The topological polar surface area (TPSA) is 122 Å². The van der Waals surface area contributed by atoms with Gasteiger partial charge in [-0.15, -0.1) is 0 Å². The van der Waals surface area contributed by atoms with E-state index in [0.717, 1.165) is 11.1 Å². The average Bonchev–Trinajstić information content (AvgIpc) is 2.45. The van der Waals surface area contributed by atoms with Crippen molar-refractivity contribution in [2.45, 2.75) is 31.5 Å². The molecule has 2 atom stereocenters. The number of carbonyl (C=O) groups is 3. The van der Waals surface area contributed by atoms with Crippen molar-refractivity contribution in [2.24, 2.45) is 5.73 Å². The second kappa shape index (κ2) is 6.36. The zero-order chi connectivity index (χ0) is 15.4. The molecule has 1 aliphatic heterocycles. The molecule has 0 spiro atoms. The number of aliphatic carboxylic acids is 1. The molecule has 0 radical (unpaired) electrons. The van der Waals surface area contributed by atoms with Crippen LogP contribution in [-0.4, -0.2) is 35.0 Å². The summed E-state index contributed by atoms with van der Waals surface area (Å²) in [6, 6.07) is 5.92. The Labute approximate surface area is 121 Å². The van der Waals surface area contributed by atoms with Crippen molar-refractivity contribution < 1.29 is 19.5 Å². The van der Waals surface area contributed by atoms with Crippen molar-refractivity contribution in [1.29, 1.82) is 0 Å². The predicted octanol–water partition coefficient (Wildman–Crippen LogP) is -0.854. The molecule has 2 rings (SSSR count). The van der Waals surface area contributed by atoms with Crippen molar-refractivity contribution >= 4 is 17.8 Å². The van der Waals surface area contributed by atoms with Gasteiger partial charge in [-0.3, -0.25) is 9.59 Å². The van der Waals surface area contributed by atoms with E-state index in [4.69, 9.17) is 10.8 Å². The Morgan fingerprint density at radius 3 is 2.62 bits per heavy atom. The maximum atomic E-state index is 12.1. The van der Waals surface area contributed by atoms with Crippen LogP contribution in [0.15, 0.2) is 24.3 Å². The summed E-state index contributed by atoms with van der Waals surface area (Å²) < 4.78 is 0. The third-order valence-electron chi connectivity index (χ3n) is 3.42. The SMILES string of the molecule is NC(=O)CC(NC(=O)[C@@H]1Cc2ccccc2CN1)C(=O)O. The van der Waals surface area contributed by atoms with Crippen LogP contribution in [0.1, 0.15) is 17.5 Å². The fourth-order valence-corrected chi connectivity index (χ4v) is 2.31. The first-order valence-electron chi connectivity index (χ1n) is 6.59. The van der Waals surface area contributed by atoms with Gasteiger partial charge in [0.1, 0.15) is 6.04 Å². The highest BCUT2D eigenvalue weighted by atomic mass is 16.4. The molecule has 0 saturated heterocycles. The molecular weight excluding hydrogens is 274 g/mol. The van der Waals surface area contributed by atoms with Crippen LogP contribution in [0.2, 0.25) is 0 Å². The molecule has 1 unspecified atom stereocenters. The average molecular weight is 291 g/mol. The molecule has 1 aromatic carbocycles. The lowest BCUT2D eigenvalue weighted by atomic mass is 9.95. The molecule has 1 aromatic rings. The molecular formula is C14H17N3O4. The van der Waals surface area contributed by atoms with Crippen LogP contribution in [0.3, 0.4) is 0 Å². The van der Waals surface area contributed by atoms with Crippen molar-refractivity contribution in [3.8, 4) is 0 Å². The number of nitrogens with two attached hydrogens (primary N) is 1. The summed E-state index contributed by atoms with van der Waals surface area (Å²) in [5.41, 5.74) is 7.15. The van der Waals surface area contributed by atoms with Crippen LogP contribution in [-0.2, 0) is 27.3 Å². The number of hydrogen-bond donors (Lipinski definition) is 4. The van der Waals surface area contributed by atoms with Gasteiger partial charge in [-0.05, 0) is 17.5 Å². The first-order chi connectivity index (χ1) is 9.97. The number of rotatable bonds is 5. The van der Waals surface area contributed by atoms with E-state index in [9.17, 15) is 14.4 Å². The summed E-state index contributed by atoms with van der Waals surface area (Å²) in [5.74, 6) is -2.50. The minimum absolute atomic E-state index is 0.426. The zero-order valence-corrected chi connectivity index (χ0v) is 11.3. The lowest BCUT2D eigenvalue weighted by Crippen LogP contribution is -2.53. The third-order valence-corrected chi connectivity index (χ3v) is 3.42. The number of nitrogens with one attached hydrogen (secondary N) is 2. The van der Waals surface area contributed by atoms with Gasteiger partial charge in [0.2, 0.25) is 11.8 Å². The van der Waals surface area contributed by atoms with Crippen LogP contribution in [0, 0.1) is 0 Å². The molecule has 21 heavy (non-hydrogen) atoms. The number of carboxylic acids is 1. The van der Waals surface area contributed by atoms with E-state index < -0.39 is 36.3 Å². The molecule has 0 aromatic heterocycles. The molecule has 0 fully saturated rings. The highest BCUT2D eigenvalue weighted by molar-refractivity contribution is 5.90. The number of carbonyl (C=O) groups excluding carboxylic acids is 2. The van der Waals surface area contributed by atoms with Gasteiger partial charge in [0.05, 0.1) is 12.5 Å². The van der Waals surface area contributed by atoms with Gasteiger partial charge in [-0.1, -0.05) is 24.3 Å². The van der Waals surface area contributed by atoms with Gasteiger partial charge in [0.15, 0.2) is 0 Å². The molecule has 7 nitrogen and oxygen atoms in total. The van der Waals surface area contributed by atoms with Crippen molar-refractivity contribution in [3.05, 3.63) is 35.4 Å². The largest absolute Gasteiger partial charge is 0.480 e. The van der Waals surface area contributed by atoms with Crippen LogP contribution in [0.4, 0.5) is 0 Å². The minimum atomic E-state index is -1.30. The summed E-state index contributed by atoms with van der Waals surface area (Å²) in [6.45, 7) is 0.543. The standard InChI is InChI=1S/C14H17N3O4/c15-12(18)6-11(14(20)21)17-13(19)10-5-8-3-1-2-4-9(8)7-16-10/h1-4,10-11,16H,5-7H2,(H2,15,18)(H,17,19)(H,20,21)/t10-,11?/m0/s1. The number of carboxylic acid groups (broad SMARTS) is 1. The van der Waals surface area contributed by atoms with Crippen molar-refractivity contribution in [2.75, 3.05) is 0 Å². The van der Waals surface area contributed by atoms with Crippen molar-refractivity contribution in [3.63, 3.8) is 0 Å². The Balaban J connectivity index is 2.01. The maximum absolute atomic E-state index is 12.1. The van der Waals surface area contributed by atoms with Gasteiger partial charge in [-0.25, -0.2) is 4.79 Å². The molecule has 2 amide bonds. The van der Waals surface area contributed by atoms with E-state index >= 15 is 0 Å². The third kappa shape index (κ3) is 3.79. The maximum Gasteiger partial charge on any atom is 0.326 e. The second-order valence-corrected chi connectivity index (χ2v) is 4.98. The van der Waals surface area contributed by atoms with E-state index in [1.807, 2.05) is 24.3 Å². The molecule has 7 heteroatoms. The first kappa shape index (κ1) is 15.0. The van der Waals surface area contributed by atoms with E-state index in [1.54, 1.807) is 0 Å². The number of primary amides is 1. The fourth-order valence-electron chi connectivity index (χ4n) is 2.31. The summed E-state index contributed by atoms with van der Waals surface area (Å²) in [7, 11) is 0. The lowest BCUT2D eigenvalue weighted by Gasteiger charge is -2.26. The number of hydrogen-bond acceptors (Lipinski definition) is 4. The zero-order valence-electron chi connectivity index (χ0n) is 11.3. The fraction of sp³-hybridized carbons (Fsp3) is 0.357. The van der Waals surface area contributed by atoms with Crippen LogP contribution in [0.25, 0.3) is 0 Å². The Morgan fingerprint density at radius 1 is 1.33 bits per heavy atom. The number of amides is 2. The molecule has 1 heterocycles. The number of benzene rings is 1. The van der Waals surface area contributed by atoms with Gasteiger partial charge < -0.3 is 21.5 Å². The molecule has 1 aliphatic rings. The van der Waals surface area contributed by atoms with Gasteiger partial charge in [-0.2, -0.15) is 0 Å². The quantitative estimate of drug-likeness (QED) is 0.563. The first-order valence-corrected chi connectivity index (χ1v) is 6.59. The predicted molar refractivity (Wildman–Crippen MR) is 74.2 cm³/mol. The summed E-state index contributed by atoms with van der Waals surface area (Å²) in [6.07, 6.45) is 0.0509. The Kier molecular flexibility index (Phi) is 4.54. The highest BCUT2D eigenvalue weighted by Crippen LogP contribution is 2.16. The van der Waals surface area contributed by atoms with Crippen LogP contribution < -0.4 is 16.4 Å². The van der Waals surface area contributed by atoms with Gasteiger partial charge >= 0.3 is 5.97 Å². The summed E-state index contributed by atoms with van der Waals surface area (Å²) in [5, 5.41) is 14.4. The van der Waals surface area contributed by atoms with E-state index in [1.165, 1.54) is 0 Å². The summed E-state index contributed by atoms with van der Waals surface area (Å²) >= 11 is 0. The van der Waals surface area contributed by atoms with E-state index in [-0.39, 0.29) is 0 Å². The Bertz CT molecular complexity index is 573. The molecule has 0 aliphatic carbocycles. The van der Waals surface area contributed by atoms with Crippen LogP contribution in [0.5, 0.6) is 0 Å². The Hall–Kier alpha value is -2.41. The molecule has 5 N–H and O–H groups in total.